The van der Waals surface area contributed by atoms with Crippen LogP contribution < -0.4 is 10.6 Å². The maximum Gasteiger partial charge on any atom is 0.191 e. The van der Waals surface area contributed by atoms with E-state index in [2.05, 4.69) is 51.6 Å². The first-order valence-electron chi connectivity index (χ1n) is 7.53. The van der Waals surface area contributed by atoms with Gasteiger partial charge in [-0.05, 0) is 20.8 Å². The second-order valence-electron chi connectivity index (χ2n) is 4.77. The van der Waals surface area contributed by atoms with Gasteiger partial charge in [-0.25, -0.2) is 9.98 Å². The van der Waals surface area contributed by atoms with Crippen LogP contribution in [0, 0.1) is 6.92 Å². The van der Waals surface area contributed by atoms with Gasteiger partial charge in [-0.3, -0.25) is 0 Å². The number of aromatic nitrogens is 4. The molecule has 22 heavy (non-hydrogen) atoms. The third-order valence-electron chi connectivity index (χ3n) is 3.06. The number of guanidine groups is 1. The molecule has 0 fully saturated rings. The Hall–Kier alpha value is -1.96. The van der Waals surface area contributed by atoms with Gasteiger partial charge < -0.3 is 15.2 Å². The Balaban J connectivity index is 1.87. The predicted molar refractivity (Wildman–Crippen MR) is 89.1 cm³/mol. The molecule has 2 rings (SSSR count). The highest BCUT2D eigenvalue weighted by molar-refractivity contribution is 7.11. The SMILES string of the molecule is CCNC(=NCc1nncn1CC)NCCc1ncc(C)s1. The minimum Gasteiger partial charge on any atom is -0.357 e. The first-order valence-corrected chi connectivity index (χ1v) is 8.34. The molecule has 0 saturated heterocycles. The lowest BCUT2D eigenvalue weighted by Gasteiger charge is -2.10. The minimum absolute atomic E-state index is 0.513. The molecule has 0 bridgehead atoms. The first kappa shape index (κ1) is 16.4. The van der Waals surface area contributed by atoms with Crippen LogP contribution in [-0.4, -0.2) is 38.8 Å². The van der Waals surface area contributed by atoms with Gasteiger partial charge in [-0.1, -0.05) is 0 Å². The molecule has 0 atom stereocenters. The van der Waals surface area contributed by atoms with Crippen LogP contribution in [0.25, 0.3) is 0 Å². The van der Waals surface area contributed by atoms with E-state index in [1.807, 2.05) is 10.8 Å². The quantitative estimate of drug-likeness (QED) is 0.594. The number of nitrogens with zero attached hydrogens (tertiary/aromatic N) is 5. The van der Waals surface area contributed by atoms with Crippen molar-refractivity contribution in [2.24, 2.45) is 4.99 Å². The lowest BCUT2D eigenvalue weighted by Crippen LogP contribution is -2.38. The third-order valence-corrected chi connectivity index (χ3v) is 4.03. The summed E-state index contributed by atoms with van der Waals surface area (Å²) in [6, 6.07) is 0. The third kappa shape index (κ3) is 4.80. The predicted octanol–water partition coefficient (Wildman–Crippen LogP) is 1.36. The Morgan fingerprint density at radius 3 is 2.91 bits per heavy atom. The number of aliphatic imine (C=N–C) groups is 1. The number of nitrogens with one attached hydrogen (secondary N) is 2. The van der Waals surface area contributed by atoms with E-state index in [-0.39, 0.29) is 0 Å². The van der Waals surface area contributed by atoms with Crippen molar-refractivity contribution < 1.29 is 0 Å². The monoisotopic (exact) mass is 321 g/mol. The fourth-order valence-electron chi connectivity index (χ4n) is 1.96. The van der Waals surface area contributed by atoms with Gasteiger partial charge in [0.25, 0.3) is 0 Å². The molecule has 7 nitrogen and oxygen atoms in total. The van der Waals surface area contributed by atoms with E-state index in [1.54, 1.807) is 17.7 Å². The summed E-state index contributed by atoms with van der Waals surface area (Å²) >= 11 is 1.74. The molecule has 0 aliphatic rings. The molecule has 2 aromatic heterocycles. The van der Waals surface area contributed by atoms with Crippen molar-refractivity contribution in [2.45, 2.75) is 40.3 Å². The van der Waals surface area contributed by atoms with Gasteiger partial charge in [0.05, 0.1) is 5.01 Å². The maximum atomic E-state index is 4.56. The summed E-state index contributed by atoms with van der Waals surface area (Å²) in [5.74, 6) is 1.66. The summed E-state index contributed by atoms with van der Waals surface area (Å²) in [6.45, 7) is 9.18. The van der Waals surface area contributed by atoms with Crippen molar-refractivity contribution in [3.05, 3.63) is 28.2 Å². The summed E-state index contributed by atoms with van der Waals surface area (Å²) in [7, 11) is 0. The fraction of sp³-hybridized carbons (Fsp3) is 0.571. The molecule has 2 aromatic rings. The van der Waals surface area contributed by atoms with Crippen molar-refractivity contribution in [2.75, 3.05) is 13.1 Å². The van der Waals surface area contributed by atoms with Crippen LogP contribution in [0.15, 0.2) is 17.5 Å². The van der Waals surface area contributed by atoms with Crippen LogP contribution in [0.5, 0.6) is 0 Å². The second kappa shape index (κ2) is 8.47. The number of hydrogen-bond acceptors (Lipinski definition) is 5. The fourth-order valence-corrected chi connectivity index (χ4v) is 2.75. The highest BCUT2D eigenvalue weighted by Gasteiger charge is 2.04. The molecule has 0 amide bonds. The van der Waals surface area contributed by atoms with Crippen LogP contribution in [0.4, 0.5) is 0 Å². The lowest BCUT2D eigenvalue weighted by molar-refractivity contribution is 0.693. The zero-order valence-electron chi connectivity index (χ0n) is 13.3. The Bertz CT molecular complexity index is 602. The molecule has 2 N–H and O–H groups in total. The highest BCUT2D eigenvalue weighted by Crippen LogP contribution is 2.10. The molecular weight excluding hydrogens is 298 g/mol. The highest BCUT2D eigenvalue weighted by atomic mass is 32.1. The van der Waals surface area contributed by atoms with Gasteiger partial charge in [0.15, 0.2) is 11.8 Å². The summed E-state index contributed by atoms with van der Waals surface area (Å²) in [4.78, 5) is 10.2. The van der Waals surface area contributed by atoms with Crippen LogP contribution >= 0.6 is 11.3 Å². The van der Waals surface area contributed by atoms with Crippen molar-refractivity contribution in [1.29, 1.82) is 0 Å². The van der Waals surface area contributed by atoms with E-state index in [0.29, 0.717) is 6.54 Å². The molecule has 2 heterocycles. The standard InChI is InChI=1S/C14H23N7S/c1-4-15-14(16-7-6-13-17-8-11(3)22-13)18-9-12-20-19-10-21(12)5-2/h8,10H,4-7,9H2,1-3H3,(H2,15,16,18). The molecule has 0 aliphatic carbocycles. The van der Waals surface area contributed by atoms with Gasteiger partial charge >= 0.3 is 0 Å². The van der Waals surface area contributed by atoms with E-state index in [0.717, 1.165) is 42.8 Å². The molecule has 120 valence electrons. The topological polar surface area (TPSA) is 80.0 Å². The van der Waals surface area contributed by atoms with Crippen molar-refractivity contribution in [3.63, 3.8) is 0 Å². The maximum absolute atomic E-state index is 4.56. The van der Waals surface area contributed by atoms with E-state index < -0.39 is 0 Å². The molecule has 0 unspecified atom stereocenters. The Labute approximate surface area is 134 Å². The molecule has 0 radical (unpaired) electrons. The molecule has 0 aliphatic heterocycles. The van der Waals surface area contributed by atoms with Crippen LogP contribution in [0.2, 0.25) is 0 Å². The first-order chi connectivity index (χ1) is 10.7. The number of hydrogen-bond donors (Lipinski definition) is 2. The summed E-state index contributed by atoms with van der Waals surface area (Å²) < 4.78 is 1.99. The minimum atomic E-state index is 0.513. The van der Waals surface area contributed by atoms with Gasteiger partial charge in [-0.2, -0.15) is 0 Å². The van der Waals surface area contributed by atoms with Gasteiger partial charge in [0.2, 0.25) is 0 Å². The second-order valence-corrected chi connectivity index (χ2v) is 6.09. The average Bonchev–Trinajstić information content (AvgIpc) is 3.13. The molecule has 8 heteroatoms. The van der Waals surface area contributed by atoms with E-state index in [4.69, 9.17) is 0 Å². The van der Waals surface area contributed by atoms with Crippen LogP contribution in [-0.2, 0) is 19.5 Å². The molecule has 0 saturated carbocycles. The van der Waals surface area contributed by atoms with Gasteiger partial charge in [0, 0.05) is 37.1 Å². The summed E-state index contributed by atoms with van der Waals surface area (Å²) in [5.41, 5.74) is 0. The number of aryl methyl sites for hydroxylation is 2. The van der Waals surface area contributed by atoms with Gasteiger partial charge in [-0.15, -0.1) is 21.5 Å². The largest absolute Gasteiger partial charge is 0.357 e. The van der Waals surface area contributed by atoms with E-state index in [1.165, 1.54) is 4.88 Å². The lowest BCUT2D eigenvalue weighted by atomic mass is 10.4. The van der Waals surface area contributed by atoms with E-state index >= 15 is 0 Å². The molecule has 0 spiro atoms. The van der Waals surface area contributed by atoms with Crippen LogP contribution in [0.3, 0.4) is 0 Å². The zero-order valence-corrected chi connectivity index (χ0v) is 14.2. The number of thiazole rings is 1. The Morgan fingerprint density at radius 1 is 1.36 bits per heavy atom. The Morgan fingerprint density at radius 2 is 2.23 bits per heavy atom. The zero-order chi connectivity index (χ0) is 15.8. The molecular formula is C14H23N7S. The van der Waals surface area contributed by atoms with Gasteiger partial charge in [0.1, 0.15) is 12.9 Å². The normalized spacial score (nSPS) is 11.7. The smallest absolute Gasteiger partial charge is 0.191 e. The summed E-state index contributed by atoms with van der Waals surface area (Å²) in [5, 5.41) is 15.7. The van der Waals surface area contributed by atoms with Crippen molar-refractivity contribution in [1.82, 2.24) is 30.4 Å². The van der Waals surface area contributed by atoms with Crippen molar-refractivity contribution in [3.8, 4) is 0 Å². The Kier molecular flexibility index (Phi) is 6.32. The molecule has 0 aromatic carbocycles. The number of rotatable bonds is 7. The average molecular weight is 321 g/mol. The van der Waals surface area contributed by atoms with Crippen LogP contribution in [0.1, 0.15) is 29.6 Å². The summed E-state index contributed by atoms with van der Waals surface area (Å²) in [6.07, 6.45) is 4.54. The van der Waals surface area contributed by atoms with Crippen molar-refractivity contribution >= 4 is 17.3 Å². The van der Waals surface area contributed by atoms with E-state index in [9.17, 15) is 0 Å².